The van der Waals surface area contributed by atoms with Gasteiger partial charge in [0.1, 0.15) is 11.5 Å². The van der Waals surface area contributed by atoms with E-state index in [0.29, 0.717) is 0 Å². The molecule has 176 valence electrons. The Morgan fingerprint density at radius 1 is 0.706 bits per heavy atom. The number of methoxy groups -OCH3 is 2. The van der Waals surface area contributed by atoms with Gasteiger partial charge in [-0.15, -0.1) is 51.4 Å². The maximum Gasteiger partial charge on any atom is -0.0771 e. The Balaban J connectivity index is 0.000000282. The number of hydrogen-bond acceptors (Lipinski definition) is 2. The molecule has 0 heterocycles. The van der Waals surface area contributed by atoms with Crippen molar-refractivity contribution in [1.29, 1.82) is 0 Å². The quantitative estimate of drug-likeness (QED) is 0.307. The van der Waals surface area contributed by atoms with E-state index in [9.17, 15) is 0 Å². The first-order valence-electron chi connectivity index (χ1n) is 10.5. The molecule has 0 saturated heterocycles. The van der Waals surface area contributed by atoms with Crippen molar-refractivity contribution < 1.29 is 58.5 Å². The van der Waals surface area contributed by atoms with E-state index < -0.39 is 0 Å². The smallest absolute Gasteiger partial charge is 0.0771 e. The second-order valence-electron chi connectivity index (χ2n) is 7.59. The minimum absolute atomic E-state index is 0. The Labute approximate surface area is 229 Å². The van der Waals surface area contributed by atoms with Crippen molar-refractivity contribution in [1.82, 2.24) is 0 Å². The van der Waals surface area contributed by atoms with Gasteiger partial charge in [-0.2, -0.15) is 18.2 Å². The van der Waals surface area contributed by atoms with E-state index in [2.05, 4.69) is 80.6 Å². The number of ether oxygens (including phenoxy) is 2. The summed E-state index contributed by atoms with van der Waals surface area (Å²) in [6.45, 7) is 4.25. The number of fused-ring (bicyclic) bond motifs is 3. The van der Waals surface area contributed by atoms with Gasteiger partial charge >= 0.3 is 41.3 Å². The maximum atomic E-state index is 5.22. The van der Waals surface area contributed by atoms with Crippen molar-refractivity contribution in [3.8, 4) is 22.6 Å². The minimum Gasteiger partial charge on any atom is -1.00 e. The van der Waals surface area contributed by atoms with Crippen LogP contribution < -0.4 is 34.3 Å². The molecule has 0 amide bonds. The average Bonchev–Trinajstić information content (AvgIpc) is 3.47. The first-order valence-corrected chi connectivity index (χ1v) is 11.7. The van der Waals surface area contributed by atoms with Gasteiger partial charge < -0.3 is 34.3 Å². The fraction of sp³-hybridized carbons (Fsp3) is 0.138. The minimum atomic E-state index is 0. The van der Waals surface area contributed by atoms with Crippen LogP contribution in [0.1, 0.15) is 13.8 Å². The number of rotatable bonds is 3. The van der Waals surface area contributed by atoms with Crippen molar-refractivity contribution in [2.24, 2.45) is 0 Å². The molecular formula is C29H28Cl2O2Zr-2. The Morgan fingerprint density at radius 3 is 1.59 bits per heavy atom. The van der Waals surface area contributed by atoms with E-state index in [-0.39, 0.29) is 24.8 Å². The summed E-state index contributed by atoms with van der Waals surface area (Å²) in [5, 5.41) is 5.39. The van der Waals surface area contributed by atoms with Gasteiger partial charge in [0.05, 0.1) is 14.2 Å². The van der Waals surface area contributed by atoms with Gasteiger partial charge in [0.25, 0.3) is 0 Å². The van der Waals surface area contributed by atoms with Crippen LogP contribution in [0.2, 0.25) is 0 Å². The molecule has 0 aliphatic carbocycles. The van der Waals surface area contributed by atoms with Gasteiger partial charge in [-0.05, 0) is 0 Å². The Morgan fingerprint density at radius 2 is 1.18 bits per heavy atom. The zero-order chi connectivity index (χ0) is 22.9. The molecule has 0 radical (unpaired) electrons. The van der Waals surface area contributed by atoms with Gasteiger partial charge in [-0.25, -0.2) is 0 Å². The monoisotopic (exact) mass is 568 g/mol. The summed E-state index contributed by atoms with van der Waals surface area (Å²) in [5.74, 6) is 1.62. The molecule has 5 aromatic carbocycles. The molecule has 0 atom stereocenters. The van der Waals surface area contributed by atoms with Crippen molar-refractivity contribution in [3.63, 3.8) is 0 Å². The van der Waals surface area contributed by atoms with Crippen LogP contribution in [0.25, 0.3) is 32.7 Å². The normalized spacial score (nSPS) is 9.47. The molecule has 2 nitrogen and oxygen atoms in total. The summed E-state index contributed by atoms with van der Waals surface area (Å²) in [6, 6.07) is 33.3. The third kappa shape index (κ3) is 8.24. The largest absolute Gasteiger partial charge is 1.00 e. The molecule has 0 spiro atoms. The van der Waals surface area contributed by atoms with E-state index in [4.69, 9.17) is 9.47 Å². The van der Waals surface area contributed by atoms with Gasteiger partial charge in [-0.3, -0.25) is 0 Å². The maximum absolute atomic E-state index is 5.22. The molecule has 0 unspecified atom stereocenters. The molecule has 0 aromatic heterocycles. The molecule has 5 heteroatoms. The summed E-state index contributed by atoms with van der Waals surface area (Å²) in [6.07, 6.45) is 0. The molecule has 34 heavy (non-hydrogen) atoms. The first-order chi connectivity index (χ1) is 15.5. The summed E-state index contributed by atoms with van der Waals surface area (Å²) >= 11 is 1.55. The molecule has 0 aliphatic heterocycles. The zero-order valence-corrected chi connectivity index (χ0v) is 23.8. The Kier molecular flexibility index (Phi) is 13.1. The van der Waals surface area contributed by atoms with Crippen molar-refractivity contribution in [2.45, 2.75) is 13.8 Å². The molecular weight excluding hydrogens is 542 g/mol. The molecule has 0 N–H and O–H groups in total. The number of hydrogen-bond donors (Lipinski definition) is 0. The standard InChI is InChI=1S/C13H13O2.C13H9.C3H6.2ClH.Zr/c1-14-12-7-11(8-13(9-12)15-2)10-5-3-4-6-10;1-3-7-12-10(5-1)9-11-6-2-4-8-13(11)12;1-3-2;;;/h3-9H,1-2H3;1-9H;1-2H3;2*1H;/q2*-1;;;;+2/p-2. The molecule has 0 bridgehead atoms. The van der Waals surface area contributed by atoms with Crippen LogP contribution in [0.15, 0.2) is 97.1 Å². The van der Waals surface area contributed by atoms with Crippen LogP contribution in [-0.2, 0) is 24.2 Å². The van der Waals surface area contributed by atoms with Crippen LogP contribution in [-0.4, -0.2) is 17.4 Å². The summed E-state index contributed by atoms with van der Waals surface area (Å²) in [4.78, 5) is 0. The molecule has 0 aliphatic rings. The third-order valence-electron chi connectivity index (χ3n) is 4.87. The van der Waals surface area contributed by atoms with E-state index in [1.165, 1.54) is 30.3 Å². The summed E-state index contributed by atoms with van der Waals surface area (Å²) in [7, 11) is 3.31. The summed E-state index contributed by atoms with van der Waals surface area (Å²) < 4.78 is 11.9. The van der Waals surface area contributed by atoms with Crippen LogP contribution in [0.4, 0.5) is 0 Å². The SMILES string of the molecule is COc1cc(OC)cc(-c2ccc[cH-]2)c1.C[C](C)=[Zr+2].[Cl-].[Cl-].c1ccc2c(c1)[cH-]c1ccccc12. The topological polar surface area (TPSA) is 18.5 Å². The van der Waals surface area contributed by atoms with E-state index in [1.54, 1.807) is 38.5 Å². The predicted octanol–water partition coefficient (Wildman–Crippen LogP) is 1.56. The average molecular weight is 571 g/mol. The fourth-order valence-electron chi connectivity index (χ4n) is 3.44. The van der Waals surface area contributed by atoms with Crippen LogP contribution in [0.3, 0.4) is 0 Å². The molecule has 0 fully saturated rings. The van der Waals surface area contributed by atoms with Gasteiger partial charge in [0, 0.05) is 6.07 Å². The van der Waals surface area contributed by atoms with Crippen molar-refractivity contribution >= 4 is 24.8 Å². The fourth-order valence-corrected chi connectivity index (χ4v) is 3.44. The van der Waals surface area contributed by atoms with Crippen LogP contribution in [0.5, 0.6) is 11.5 Å². The van der Waals surface area contributed by atoms with Crippen LogP contribution in [0, 0.1) is 0 Å². The van der Waals surface area contributed by atoms with Gasteiger partial charge in [0.15, 0.2) is 0 Å². The third-order valence-corrected chi connectivity index (χ3v) is 4.87. The number of halogens is 2. The predicted molar refractivity (Wildman–Crippen MR) is 134 cm³/mol. The first kappa shape index (κ1) is 29.8. The second kappa shape index (κ2) is 14.9. The van der Waals surface area contributed by atoms with Crippen LogP contribution >= 0.6 is 0 Å². The van der Waals surface area contributed by atoms with E-state index in [1.807, 2.05) is 30.3 Å². The van der Waals surface area contributed by atoms with Crippen molar-refractivity contribution in [3.05, 3.63) is 97.1 Å². The van der Waals surface area contributed by atoms with Gasteiger partial charge in [0.2, 0.25) is 0 Å². The Bertz CT molecular complexity index is 1210. The second-order valence-corrected chi connectivity index (χ2v) is 10.1. The number of benzene rings is 3. The van der Waals surface area contributed by atoms with E-state index >= 15 is 0 Å². The summed E-state index contributed by atoms with van der Waals surface area (Å²) in [5.41, 5.74) is 2.28. The van der Waals surface area contributed by atoms with Gasteiger partial charge in [-0.1, -0.05) is 54.1 Å². The molecule has 0 saturated carbocycles. The Hall–Kier alpha value is -2.19. The molecule has 5 rings (SSSR count). The zero-order valence-electron chi connectivity index (χ0n) is 19.8. The van der Waals surface area contributed by atoms with E-state index in [0.717, 1.165) is 17.1 Å². The van der Waals surface area contributed by atoms with Crippen molar-refractivity contribution in [2.75, 3.05) is 14.2 Å². The molecule has 5 aromatic rings.